The second-order valence-corrected chi connectivity index (χ2v) is 10.3. The topological polar surface area (TPSA) is 96.9 Å². The van der Waals surface area contributed by atoms with Crippen molar-refractivity contribution in [3.8, 4) is 11.1 Å². The molecule has 0 unspecified atom stereocenters. The molecule has 0 spiro atoms. The average molecular weight is 513 g/mol. The van der Waals surface area contributed by atoms with Crippen LogP contribution in [-0.2, 0) is 10.0 Å². The van der Waals surface area contributed by atoms with E-state index in [2.05, 4.69) is 20.0 Å². The van der Waals surface area contributed by atoms with E-state index < -0.39 is 10.0 Å². The van der Waals surface area contributed by atoms with Gasteiger partial charge in [-0.1, -0.05) is 72.2 Å². The summed E-state index contributed by atoms with van der Waals surface area (Å²) in [6, 6.07) is 31.1. The quantitative estimate of drug-likeness (QED) is 0.298. The number of nitrogens with one attached hydrogen (secondary N) is 2. The van der Waals surface area contributed by atoms with E-state index in [4.69, 9.17) is 12.8 Å². The molecular formula is C29H20BN5O2S. The molecular weight excluding hydrogens is 493 g/mol. The average Bonchev–Trinajstić information content (AvgIpc) is 2.94. The molecule has 2 aromatic heterocycles. The molecule has 9 heteroatoms. The van der Waals surface area contributed by atoms with Crippen molar-refractivity contribution in [2.45, 2.75) is 4.90 Å². The van der Waals surface area contributed by atoms with Crippen molar-refractivity contribution in [2.24, 2.45) is 0 Å². The lowest BCUT2D eigenvalue weighted by atomic mass is 9.97. The molecule has 0 atom stereocenters. The van der Waals surface area contributed by atoms with E-state index in [0.717, 1.165) is 22.0 Å². The normalized spacial score (nSPS) is 11.5. The lowest BCUT2D eigenvalue weighted by Crippen LogP contribution is -2.17. The van der Waals surface area contributed by atoms with Crippen molar-refractivity contribution in [2.75, 3.05) is 10.0 Å². The van der Waals surface area contributed by atoms with Gasteiger partial charge in [0.1, 0.15) is 7.85 Å². The van der Waals surface area contributed by atoms with E-state index in [1.165, 1.54) is 24.3 Å². The number of fused-ring (bicyclic) bond motifs is 2. The maximum atomic E-state index is 13.2. The minimum Gasteiger partial charge on any atom is -0.335 e. The molecule has 0 amide bonds. The molecule has 0 fully saturated rings. The number of para-hydroxylation sites is 3. The van der Waals surface area contributed by atoms with Gasteiger partial charge in [-0.25, -0.2) is 18.4 Å². The number of hydrogen-bond donors (Lipinski definition) is 2. The summed E-state index contributed by atoms with van der Waals surface area (Å²) in [5.74, 6) is 0.318. The molecule has 6 aromatic rings. The highest BCUT2D eigenvalue weighted by molar-refractivity contribution is 7.92. The second kappa shape index (κ2) is 9.61. The summed E-state index contributed by atoms with van der Waals surface area (Å²) in [6.45, 7) is 0. The van der Waals surface area contributed by atoms with Gasteiger partial charge in [-0.15, -0.1) is 0 Å². The van der Waals surface area contributed by atoms with Gasteiger partial charge in [0.15, 0.2) is 11.6 Å². The van der Waals surface area contributed by atoms with E-state index in [1.54, 1.807) is 12.3 Å². The minimum atomic E-state index is -3.96. The lowest BCUT2D eigenvalue weighted by Gasteiger charge is -2.15. The van der Waals surface area contributed by atoms with Crippen LogP contribution < -0.4 is 15.5 Å². The van der Waals surface area contributed by atoms with Crippen LogP contribution in [0, 0.1) is 0 Å². The van der Waals surface area contributed by atoms with Crippen molar-refractivity contribution in [1.29, 1.82) is 0 Å². The monoisotopic (exact) mass is 513 g/mol. The van der Waals surface area contributed by atoms with E-state index in [-0.39, 0.29) is 16.5 Å². The van der Waals surface area contributed by atoms with Crippen molar-refractivity contribution in [3.63, 3.8) is 0 Å². The molecule has 0 bridgehead atoms. The molecule has 0 saturated carbocycles. The van der Waals surface area contributed by atoms with Gasteiger partial charge in [-0.3, -0.25) is 9.71 Å². The molecule has 0 saturated heterocycles. The van der Waals surface area contributed by atoms with E-state index >= 15 is 0 Å². The van der Waals surface area contributed by atoms with Gasteiger partial charge in [-0.05, 0) is 47.5 Å². The van der Waals surface area contributed by atoms with Crippen LogP contribution in [0.5, 0.6) is 0 Å². The molecule has 0 aliphatic heterocycles. The smallest absolute Gasteiger partial charge is 0.263 e. The Morgan fingerprint density at radius 1 is 0.684 bits per heavy atom. The number of nitrogens with zero attached hydrogens (tertiary/aromatic N) is 3. The Labute approximate surface area is 221 Å². The Morgan fingerprint density at radius 2 is 1.37 bits per heavy atom. The van der Waals surface area contributed by atoms with E-state index in [9.17, 15) is 8.42 Å². The molecule has 182 valence electrons. The predicted octanol–water partition coefficient (Wildman–Crippen LogP) is 5.18. The van der Waals surface area contributed by atoms with Crippen LogP contribution in [0.2, 0.25) is 0 Å². The van der Waals surface area contributed by atoms with Crippen LogP contribution in [-0.4, -0.2) is 31.2 Å². The third-order valence-electron chi connectivity index (χ3n) is 6.10. The zero-order valence-corrected chi connectivity index (χ0v) is 20.9. The summed E-state index contributed by atoms with van der Waals surface area (Å²) in [5.41, 5.74) is 5.12. The van der Waals surface area contributed by atoms with Crippen LogP contribution in [0.3, 0.4) is 0 Å². The molecule has 2 N–H and O–H groups in total. The molecule has 4 aromatic carbocycles. The van der Waals surface area contributed by atoms with Gasteiger partial charge in [-0.2, -0.15) is 0 Å². The summed E-state index contributed by atoms with van der Waals surface area (Å²) in [6.07, 6.45) is 1.76. The third kappa shape index (κ3) is 4.55. The van der Waals surface area contributed by atoms with E-state index in [0.29, 0.717) is 22.2 Å². The first-order valence-corrected chi connectivity index (χ1v) is 13.3. The molecule has 2 radical (unpaired) electrons. The summed E-state index contributed by atoms with van der Waals surface area (Å²) in [4.78, 5) is 14.0. The zero-order chi connectivity index (χ0) is 26.1. The van der Waals surface area contributed by atoms with Crippen molar-refractivity contribution >= 4 is 62.6 Å². The first kappa shape index (κ1) is 23.6. The number of benzene rings is 4. The Morgan fingerprint density at radius 3 is 2.11 bits per heavy atom. The van der Waals surface area contributed by atoms with Gasteiger partial charge in [0.25, 0.3) is 10.0 Å². The molecule has 6 rings (SSSR count). The highest BCUT2D eigenvalue weighted by Crippen LogP contribution is 2.34. The summed E-state index contributed by atoms with van der Waals surface area (Å²) >= 11 is 0. The number of rotatable bonds is 6. The largest absolute Gasteiger partial charge is 0.335 e. The molecule has 0 aliphatic rings. The second-order valence-electron chi connectivity index (χ2n) is 8.64. The number of sulfonamides is 1. The van der Waals surface area contributed by atoms with Crippen LogP contribution in [0.15, 0.2) is 114 Å². The van der Waals surface area contributed by atoms with Gasteiger partial charge < -0.3 is 5.32 Å². The summed E-state index contributed by atoms with van der Waals surface area (Å²) in [5, 5.41) is 4.23. The fourth-order valence-corrected chi connectivity index (χ4v) is 5.27. The Bertz CT molecular complexity index is 1900. The van der Waals surface area contributed by atoms with Crippen LogP contribution in [0.25, 0.3) is 33.1 Å². The maximum absolute atomic E-state index is 13.2. The molecule has 38 heavy (non-hydrogen) atoms. The van der Waals surface area contributed by atoms with Crippen molar-refractivity contribution in [1.82, 2.24) is 15.0 Å². The maximum Gasteiger partial charge on any atom is 0.263 e. The standard InChI is InChI=1S/C29H20BN5O2S/c30-20-13-15-21(16-14-20)38(36,37)35-29-28(32-24-10-4-5-11-25(24)33-29)34-26-12-6-9-23-22(17-18-31-27(23)26)19-7-2-1-3-8-19/h1-18H,(H,32,34)(H,33,35). The third-order valence-corrected chi connectivity index (χ3v) is 7.46. The van der Waals surface area contributed by atoms with Crippen LogP contribution in [0.1, 0.15) is 0 Å². The van der Waals surface area contributed by atoms with Crippen LogP contribution >= 0.6 is 0 Å². The van der Waals surface area contributed by atoms with Gasteiger partial charge in [0.05, 0.1) is 27.1 Å². The highest BCUT2D eigenvalue weighted by atomic mass is 32.2. The van der Waals surface area contributed by atoms with Crippen LogP contribution in [0.4, 0.5) is 17.3 Å². The van der Waals surface area contributed by atoms with Crippen molar-refractivity contribution in [3.05, 3.63) is 109 Å². The number of aromatic nitrogens is 3. The van der Waals surface area contributed by atoms with Gasteiger partial charge in [0.2, 0.25) is 0 Å². The first-order chi connectivity index (χ1) is 18.5. The van der Waals surface area contributed by atoms with Gasteiger partial charge in [0, 0.05) is 11.6 Å². The Kier molecular flexibility index (Phi) is 5.97. The lowest BCUT2D eigenvalue weighted by molar-refractivity contribution is 0.601. The number of pyridine rings is 1. The fourth-order valence-electron chi connectivity index (χ4n) is 4.27. The fraction of sp³-hybridized carbons (Fsp3) is 0. The molecule has 2 heterocycles. The summed E-state index contributed by atoms with van der Waals surface area (Å²) < 4.78 is 29.0. The first-order valence-electron chi connectivity index (χ1n) is 11.8. The summed E-state index contributed by atoms with van der Waals surface area (Å²) in [7, 11) is 1.77. The number of anilines is 3. The predicted molar refractivity (Wildman–Crippen MR) is 153 cm³/mol. The molecule has 7 nitrogen and oxygen atoms in total. The van der Waals surface area contributed by atoms with E-state index in [1.807, 2.05) is 72.8 Å². The SMILES string of the molecule is [B]c1ccc(S(=O)(=O)Nc2nc3ccccc3nc2Nc2cccc3c(-c4ccccc4)ccnc23)cc1. The zero-order valence-electron chi connectivity index (χ0n) is 20.0. The highest BCUT2D eigenvalue weighted by Gasteiger charge is 2.20. The van der Waals surface area contributed by atoms with Crippen molar-refractivity contribution < 1.29 is 8.42 Å². The number of hydrogen-bond acceptors (Lipinski definition) is 6. The van der Waals surface area contributed by atoms with Gasteiger partial charge >= 0.3 is 0 Å². The Balaban J connectivity index is 1.46. The minimum absolute atomic E-state index is 0.0620. The molecule has 0 aliphatic carbocycles. The Hall–Kier alpha value is -4.76.